The van der Waals surface area contributed by atoms with Crippen LogP contribution in [0.15, 0.2) is 30.3 Å². The molecule has 0 radical (unpaired) electrons. The van der Waals surface area contributed by atoms with E-state index in [2.05, 4.69) is 43.0 Å². The average Bonchev–Trinajstić information content (AvgIpc) is 2.76. The second kappa shape index (κ2) is 7.51. The summed E-state index contributed by atoms with van der Waals surface area (Å²) in [6, 6.07) is 11.2. The van der Waals surface area contributed by atoms with E-state index in [-0.39, 0.29) is 0 Å². The molecule has 3 aromatic rings. The maximum atomic E-state index is 5.62. The SMILES string of the molecule is CCC1Cc2c(c3cc(OC)ccc3c3cc(OC)c(OC)cc23)CN1CC. The third kappa shape index (κ3) is 2.87. The molecule has 0 spiro atoms. The van der Waals surface area contributed by atoms with Crippen LogP contribution in [0.25, 0.3) is 21.5 Å². The van der Waals surface area contributed by atoms with Gasteiger partial charge in [-0.3, -0.25) is 4.90 Å². The molecule has 0 bridgehead atoms. The molecule has 148 valence electrons. The van der Waals surface area contributed by atoms with Crippen molar-refractivity contribution in [1.82, 2.24) is 4.90 Å². The Labute approximate surface area is 167 Å². The van der Waals surface area contributed by atoms with Crippen LogP contribution in [-0.2, 0) is 13.0 Å². The van der Waals surface area contributed by atoms with Gasteiger partial charge in [-0.1, -0.05) is 19.9 Å². The predicted octanol–water partition coefficient (Wildman–Crippen LogP) is 5.18. The van der Waals surface area contributed by atoms with E-state index in [0.717, 1.165) is 43.2 Å². The van der Waals surface area contributed by atoms with E-state index in [9.17, 15) is 0 Å². The molecule has 0 saturated carbocycles. The molecule has 4 nitrogen and oxygen atoms in total. The number of nitrogens with zero attached hydrogens (tertiary/aromatic N) is 1. The van der Waals surface area contributed by atoms with E-state index in [1.807, 2.05) is 6.07 Å². The van der Waals surface area contributed by atoms with Crippen LogP contribution in [0.1, 0.15) is 31.4 Å². The summed E-state index contributed by atoms with van der Waals surface area (Å²) in [5.74, 6) is 2.45. The smallest absolute Gasteiger partial charge is 0.161 e. The van der Waals surface area contributed by atoms with Crippen molar-refractivity contribution in [1.29, 1.82) is 0 Å². The van der Waals surface area contributed by atoms with E-state index >= 15 is 0 Å². The Kier molecular flexibility index (Phi) is 5.07. The first-order valence-electron chi connectivity index (χ1n) is 10.1. The maximum Gasteiger partial charge on any atom is 0.161 e. The number of fused-ring (bicyclic) bond motifs is 6. The van der Waals surface area contributed by atoms with Gasteiger partial charge in [0.25, 0.3) is 0 Å². The molecule has 1 aliphatic heterocycles. The van der Waals surface area contributed by atoms with Crippen LogP contribution in [0.3, 0.4) is 0 Å². The summed E-state index contributed by atoms with van der Waals surface area (Å²) in [5, 5.41) is 5.01. The summed E-state index contributed by atoms with van der Waals surface area (Å²) in [7, 11) is 5.13. The quantitative estimate of drug-likeness (QED) is 0.572. The lowest BCUT2D eigenvalue weighted by Gasteiger charge is -2.37. The normalized spacial score (nSPS) is 17.0. The summed E-state index contributed by atoms with van der Waals surface area (Å²) in [4.78, 5) is 2.59. The number of benzene rings is 3. The molecule has 0 aliphatic carbocycles. The number of ether oxygens (including phenoxy) is 3. The van der Waals surface area contributed by atoms with Crippen molar-refractivity contribution in [3.8, 4) is 17.2 Å². The van der Waals surface area contributed by atoms with Gasteiger partial charge in [-0.15, -0.1) is 0 Å². The van der Waals surface area contributed by atoms with E-state index in [0.29, 0.717) is 6.04 Å². The number of hydrogen-bond acceptors (Lipinski definition) is 4. The highest BCUT2D eigenvalue weighted by molar-refractivity contribution is 6.12. The zero-order chi connectivity index (χ0) is 19.8. The first kappa shape index (κ1) is 18.9. The van der Waals surface area contributed by atoms with Gasteiger partial charge in [0, 0.05) is 12.6 Å². The lowest BCUT2D eigenvalue weighted by atomic mass is 9.84. The first-order valence-corrected chi connectivity index (χ1v) is 10.1. The van der Waals surface area contributed by atoms with Gasteiger partial charge >= 0.3 is 0 Å². The third-order valence-corrected chi connectivity index (χ3v) is 6.25. The number of rotatable bonds is 5. The minimum Gasteiger partial charge on any atom is -0.497 e. The van der Waals surface area contributed by atoms with Crippen molar-refractivity contribution in [2.45, 2.75) is 39.3 Å². The van der Waals surface area contributed by atoms with Crippen LogP contribution in [-0.4, -0.2) is 38.8 Å². The summed E-state index contributed by atoms with van der Waals surface area (Å²) in [5.41, 5.74) is 2.86. The summed E-state index contributed by atoms with van der Waals surface area (Å²) < 4.78 is 16.8. The second-order valence-electron chi connectivity index (χ2n) is 7.45. The molecule has 0 saturated heterocycles. The van der Waals surface area contributed by atoms with Crippen molar-refractivity contribution in [2.24, 2.45) is 0 Å². The number of hydrogen-bond donors (Lipinski definition) is 0. The molecule has 4 rings (SSSR count). The van der Waals surface area contributed by atoms with Gasteiger partial charge in [-0.2, -0.15) is 0 Å². The van der Waals surface area contributed by atoms with Crippen LogP contribution in [0, 0.1) is 0 Å². The highest BCUT2D eigenvalue weighted by atomic mass is 16.5. The van der Waals surface area contributed by atoms with Crippen LogP contribution >= 0.6 is 0 Å². The first-order chi connectivity index (χ1) is 13.6. The van der Waals surface area contributed by atoms with Gasteiger partial charge in [0.15, 0.2) is 11.5 Å². The molecule has 4 heteroatoms. The van der Waals surface area contributed by atoms with Gasteiger partial charge in [0.2, 0.25) is 0 Å². The fourth-order valence-corrected chi connectivity index (χ4v) is 4.69. The van der Waals surface area contributed by atoms with Crippen LogP contribution in [0.5, 0.6) is 17.2 Å². The Morgan fingerprint density at radius 3 is 2.11 bits per heavy atom. The fraction of sp³-hybridized carbons (Fsp3) is 0.417. The van der Waals surface area contributed by atoms with E-state index in [4.69, 9.17) is 14.2 Å². The Balaban J connectivity index is 2.10. The van der Waals surface area contributed by atoms with Gasteiger partial charge in [0.1, 0.15) is 5.75 Å². The second-order valence-corrected chi connectivity index (χ2v) is 7.45. The average molecular weight is 380 g/mol. The van der Waals surface area contributed by atoms with Crippen LogP contribution in [0.4, 0.5) is 0 Å². The molecule has 0 fully saturated rings. The monoisotopic (exact) mass is 379 g/mol. The number of likely N-dealkylation sites (N-methyl/N-ethyl adjacent to an activating group) is 1. The van der Waals surface area contributed by atoms with Crippen LogP contribution in [0.2, 0.25) is 0 Å². The van der Waals surface area contributed by atoms with Gasteiger partial charge in [0.05, 0.1) is 21.3 Å². The Bertz CT molecular complexity index is 1030. The van der Waals surface area contributed by atoms with Crippen molar-refractivity contribution in [3.63, 3.8) is 0 Å². The van der Waals surface area contributed by atoms with E-state index in [1.165, 1.54) is 32.7 Å². The maximum absolute atomic E-state index is 5.62. The molecule has 1 aliphatic rings. The minimum atomic E-state index is 0.567. The predicted molar refractivity (Wildman–Crippen MR) is 115 cm³/mol. The Morgan fingerprint density at radius 1 is 0.821 bits per heavy atom. The van der Waals surface area contributed by atoms with Gasteiger partial charge < -0.3 is 14.2 Å². The lowest BCUT2D eigenvalue weighted by molar-refractivity contribution is 0.178. The molecule has 1 atom stereocenters. The van der Waals surface area contributed by atoms with Crippen molar-refractivity contribution in [2.75, 3.05) is 27.9 Å². The Hall–Kier alpha value is -2.46. The highest BCUT2D eigenvalue weighted by Crippen LogP contribution is 2.43. The Morgan fingerprint density at radius 2 is 1.50 bits per heavy atom. The van der Waals surface area contributed by atoms with Gasteiger partial charge in [-0.05, 0) is 76.3 Å². The van der Waals surface area contributed by atoms with Crippen molar-refractivity contribution < 1.29 is 14.2 Å². The summed E-state index contributed by atoms with van der Waals surface area (Å²) >= 11 is 0. The zero-order valence-electron chi connectivity index (χ0n) is 17.5. The molecule has 3 aromatic carbocycles. The third-order valence-electron chi connectivity index (χ3n) is 6.25. The molecular weight excluding hydrogens is 350 g/mol. The fourth-order valence-electron chi connectivity index (χ4n) is 4.69. The minimum absolute atomic E-state index is 0.567. The molecule has 28 heavy (non-hydrogen) atoms. The number of methoxy groups -OCH3 is 3. The van der Waals surface area contributed by atoms with Crippen molar-refractivity contribution >= 4 is 21.5 Å². The highest BCUT2D eigenvalue weighted by Gasteiger charge is 2.28. The van der Waals surface area contributed by atoms with Crippen molar-refractivity contribution in [3.05, 3.63) is 41.5 Å². The molecule has 1 unspecified atom stereocenters. The molecule has 0 N–H and O–H groups in total. The summed E-state index contributed by atoms with van der Waals surface area (Å²) in [6.07, 6.45) is 2.21. The zero-order valence-corrected chi connectivity index (χ0v) is 17.5. The van der Waals surface area contributed by atoms with Crippen LogP contribution < -0.4 is 14.2 Å². The molecule has 0 aromatic heterocycles. The lowest BCUT2D eigenvalue weighted by Crippen LogP contribution is -2.39. The standard InChI is InChI=1S/C24H29NO3/c1-6-15-10-18-21-13-24(28-5)23(27-4)12-20(21)17-9-8-16(26-3)11-19(17)22(18)14-25(15)7-2/h8-9,11-13,15H,6-7,10,14H2,1-5H3. The largest absolute Gasteiger partial charge is 0.497 e. The topological polar surface area (TPSA) is 30.9 Å². The van der Waals surface area contributed by atoms with Gasteiger partial charge in [-0.25, -0.2) is 0 Å². The summed E-state index contributed by atoms with van der Waals surface area (Å²) in [6.45, 7) is 6.57. The molecule has 0 amide bonds. The molecular formula is C24H29NO3. The molecule has 1 heterocycles. The van der Waals surface area contributed by atoms with E-state index < -0.39 is 0 Å². The van der Waals surface area contributed by atoms with E-state index in [1.54, 1.807) is 21.3 Å².